The first-order valence-corrected chi connectivity index (χ1v) is 7.24. The Balaban J connectivity index is 2.22. The molecule has 0 saturated heterocycles. The Kier molecular flexibility index (Phi) is 4.57. The fraction of sp³-hybridized carbons (Fsp3) is 0.286. The average Bonchev–Trinajstić information content (AvgIpc) is 2.37. The molecule has 0 bridgehead atoms. The van der Waals surface area contributed by atoms with Crippen molar-refractivity contribution in [1.29, 1.82) is 0 Å². The lowest BCUT2D eigenvalue weighted by atomic mass is 10.1. The van der Waals surface area contributed by atoms with E-state index in [9.17, 15) is 5.11 Å². The van der Waals surface area contributed by atoms with Crippen LogP contribution in [0.4, 0.5) is 0 Å². The molecule has 3 heteroatoms. The van der Waals surface area contributed by atoms with Crippen LogP contribution in [0.3, 0.4) is 0 Å². The molecule has 90 valence electrons. The summed E-state index contributed by atoms with van der Waals surface area (Å²) in [7, 11) is 0. The molecule has 0 fully saturated rings. The molecule has 1 N–H and O–H groups in total. The SMILES string of the molecule is Oc1ccc2ccccc2c1SCCCCCl. The highest BCUT2D eigenvalue weighted by Gasteiger charge is 2.06. The lowest BCUT2D eigenvalue weighted by molar-refractivity contribution is 0.464. The third-order valence-corrected chi connectivity index (χ3v) is 4.11. The van der Waals surface area contributed by atoms with Crippen LogP contribution < -0.4 is 0 Å². The number of hydrogen-bond donors (Lipinski definition) is 1. The molecule has 0 amide bonds. The van der Waals surface area contributed by atoms with Gasteiger partial charge >= 0.3 is 0 Å². The number of benzene rings is 2. The molecule has 2 rings (SSSR count). The molecule has 0 radical (unpaired) electrons. The second-order valence-corrected chi connectivity index (χ2v) is 5.36. The Morgan fingerprint density at radius 2 is 1.88 bits per heavy atom. The van der Waals surface area contributed by atoms with Crippen molar-refractivity contribution in [2.24, 2.45) is 0 Å². The van der Waals surface area contributed by atoms with Crippen LogP contribution in [0.5, 0.6) is 5.75 Å². The van der Waals surface area contributed by atoms with Gasteiger partial charge in [-0.15, -0.1) is 23.4 Å². The number of aromatic hydroxyl groups is 1. The predicted octanol–water partition coefficient (Wildman–Crippen LogP) is 4.66. The van der Waals surface area contributed by atoms with E-state index in [0.29, 0.717) is 11.6 Å². The van der Waals surface area contributed by atoms with E-state index in [1.165, 1.54) is 5.39 Å². The van der Waals surface area contributed by atoms with Gasteiger partial charge in [-0.1, -0.05) is 30.3 Å². The number of hydrogen-bond acceptors (Lipinski definition) is 2. The normalized spacial score (nSPS) is 10.9. The molecule has 0 atom stereocenters. The van der Waals surface area contributed by atoms with E-state index in [2.05, 4.69) is 12.1 Å². The third kappa shape index (κ3) is 3.08. The van der Waals surface area contributed by atoms with Gasteiger partial charge in [-0.3, -0.25) is 0 Å². The van der Waals surface area contributed by atoms with Gasteiger partial charge in [0.15, 0.2) is 0 Å². The molecular weight excluding hydrogens is 252 g/mol. The molecule has 0 aliphatic rings. The van der Waals surface area contributed by atoms with Crippen molar-refractivity contribution >= 4 is 34.1 Å². The van der Waals surface area contributed by atoms with Crippen LogP contribution in [0.25, 0.3) is 10.8 Å². The highest BCUT2D eigenvalue weighted by molar-refractivity contribution is 7.99. The zero-order chi connectivity index (χ0) is 12.1. The minimum Gasteiger partial charge on any atom is -0.507 e. The minimum atomic E-state index is 0.375. The fourth-order valence-electron chi connectivity index (χ4n) is 1.75. The number of rotatable bonds is 5. The Hall–Kier alpha value is -0.860. The van der Waals surface area contributed by atoms with Crippen molar-refractivity contribution in [3.8, 4) is 5.75 Å². The fourth-order valence-corrected chi connectivity index (χ4v) is 3.05. The number of alkyl halides is 1. The van der Waals surface area contributed by atoms with Gasteiger partial charge in [-0.25, -0.2) is 0 Å². The molecular formula is C14H15ClOS. The first kappa shape index (κ1) is 12.6. The summed E-state index contributed by atoms with van der Waals surface area (Å²) in [6.07, 6.45) is 2.11. The van der Waals surface area contributed by atoms with Gasteiger partial charge < -0.3 is 5.11 Å². The van der Waals surface area contributed by atoms with Crippen molar-refractivity contribution in [3.05, 3.63) is 36.4 Å². The summed E-state index contributed by atoms with van der Waals surface area (Å²) >= 11 is 7.36. The highest BCUT2D eigenvalue weighted by Crippen LogP contribution is 2.35. The number of unbranched alkanes of at least 4 members (excludes halogenated alkanes) is 1. The maximum absolute atomic E-state index is 9.92. The largest absolute Gasteiger partial charge is 0.507 e. The molecule has 0 unspecified atom stereocenters. The first-order valence-electron chi connectivity index (χ1n) is 5.72. The average molecular weight is 267 g/mol. The van der Waals surface area contributed by atoms with Crippen LogP contribution in [0.15, 0.2) is 41.3 Å². The van der Waals surface area contributed by atoms with Gasteiger partial charge in [0.25, 0.3) is 0 Å². The molecule has 17 heavy (non-hydrogen) atoms. The molecule has 0 aromatic heterocycles. The first-order chi connectivity index (χ1) is 8.33. The van der Waals surface area contributed by atoms with Gasteiger partial charge in [-0.05, 0) is 35.4 Å². The standard InChI is InChI=1S/C14H15ClOS/c15-9-3-4-10-17-14-12-6-2-1-5-11(12)7-8-13(14)16/h1-2,5-8,16H,3-4,9-10H2. The van der Waals surface area contributed by atoms with E-state index < -0.39 is 0 Å². The van der Waals surface area contributed by atoms with Gasteiger partial charge in [0.1, 0.15) is 5.75 Å². The van der Waals surface area contributed by atoms with Crippen LogP contribution in [0, 0.1) is 0 Å². The van der Waals surface area contributed by atoms with Gasteiger partial charge in [0.2, 0.25) is 0 Å². The van der Waals surface area contributed by atoms with Crippen molar-refractivity contribution < 1.29 is 5.11 Å². The summed E-state index contributed by atoms with van der Waals surface area (Å²) < 4.78 is 0. The maximum Gasteiger partial charge on any atom is 0.129 e. The van der Waals surface area contributed by atoms with Gasteiger partial charge in [0.05, 0.1) is 4.90 Å². The van der Waals surface area contributed by atoms with E-state index in [4.69, 9.17) is 11.6 Å². The number of thioether (sulfide) groups is 1. The lowest BCUT2D eigenvalue weighted by Gasteiger charge is -2.08. The highest BCUT2D eigenvalue weighted by atomic mass is 35.5. The van der Waals surface area contributed by atoms with Crippen molar-refractivity contribution in [1.82, 2.24) is 0 Å². The topological polar surface area (TPSA) is 20.2 Å². The lowest BCUT2D eigenvalue weighted by Crippen LogP contribution is -1.84. The summed E-state index contributed by atoms with van der Waals surface area (Å²) in [5.74, 6) is 2.08. The third-order valence-electron chi connectivity index (χ3n) is 2.63. The molecule has 0 aliphatic heterocycles. The van der Waals surface area contributed by atoms with Gasteiger partial charge in [0, 0.05) is 5.88 Å². The molecule has 0 aliphatic carbocycles. The zero-order valence-electron chi connectivity index (χ0n) is 9.53. The predicted molar refractivity (Wildman–Crippen MR) is 76.3 cm³/mol. The molecule has 2 aromatic rings. The Bertz CT molecular complexity index is 499. The van der Waals surface area contributed by atoms with Crippen LogP contribution in [-0.4, -0.2) is 16.7 Å². The van der Waals surface area contributed by atoms with Gasteiger partial charge in [-0.2, -0.15) is 0 Å². The Morgan fingerprint density at radius 1 is 1.06 bits per heavy atom. The summed E-state index contributed by atoms with van der Waals surface area (Å²) in [6.45, 7) is 0. The van der Waals surface area contributed by atoms with E-state index in [1.54, 1.807) is 17.8 Å². The van der Waals surface area contributed by atoms with Crippen LogP contribution in [-0.2, 0) is 0 Å². The number of fused-ring (bicyclic) bond motifs is 1. The summed E-state index contributed by atoms with van der Waals surface area (Å²) in [5, 5.41) is 12.2. The number of halogens is 1. The van der Waals surface area contributed by atoms with E-state index in [0.717, 1.165) is 28.9 Å². The Labute approximate surface area is 111 Å². The minimum absolute atomic E-state index is 0.375. The van der Waals surface area contributed by atoms with Crippen molar-refractivity contribution in [3.63, 3.8) is 0 Å². The van der Waals surface area contributed by atoms with Crippen LogP contribution >= 0.6 is 23.4 Å². The van der Waals surface area contributed by atoms with Crippen LogP contribution in [0.2, 0.25) is 0 Å². The second kappa shape index (κ2) is 6.18. The molecule has 0 spiro atoms. The Morgan fingerprint density at radius 3 is 2.71 bits per heavy atom. The monoisotopic (exact) mass is 266 g/mol. The second-order valence-electron chi connectivity index (χ2n) is 3.88. The summed E-state index contributed by atoms with van der Waals surface area (Å²) in [6, 6.07) is 11.9. The number of phenolic OH excluding ortho intramolecular Hbond substituents is 1. The molecule has 0 heterocycles. The van der Waals surface area contributed by atoms with E-state index >= 15 is 0 Å². The van der Waals surface area contributed by atoms with Crippen molar-refractivity contribution in [2.75, 3.05) is 11.6 Å². The maximum atomic E-state index is 9.92. The van der Waals surface area contributed by atoms with E-state index in [-0.39, 0.29) is 0 Å². The molecule has 1 nitrogen and oxygen atoms in total. The van der Waals surface area contributed by atoms with Crippen molar-refractivity contribution in [2.45, 2.75) is 17.7 Å². The summed E-state index contributed by atoms with van der Waals surface area (Å²) in [4.78, 5) is 0.984. The van der Waals surface area contributed by atoms with E-state index in [1.807, 2.05) is 18.2 Å². The smallest absolute Gasteiger partial charge is 0.129 e. The quantitative estimate of drug-likeness (QED) is 0.483. The molecule has 2 aromatic carbocycles. The summed E-state index contributed by atoms with van der Waals surface area (Å²) in [5.41, 5.74) is 0. The number of phenols is 1. The van der Waals surface area contributed by atoms with Crippen LogP contribution in [0.1, 0.15) is 12.8 Å². The molecule has 0 saturated carbocycles. The zero-order valence-corrected chi connectivity index (χ0v) is 11.1.